The van der Waals surface area contributed by atoms with Gasteiger partial charge in [-0.05, 0) is 18.4 Å². The van der Waals surface area contributed by atoms with Gasteiger partial charge in [-0.25, -0.2) is 0 Å². The molecule has 0 aromatic rings. The Kier molecular flexibility index (Phi) is 5.86. The van der Waals surface area contributed by atoms with Crippen molar-refractivity contribution < 1.29 is 0 Å². The van der Waals surface area contributed by atoms with Gasteiger partial charge in [-0.1, -0.05) is 47.3 Å². The van der Waals surface area contributed by atoms with Gasteiger partial charge in [0.25, 0.3) is 0 Å². The molecule has 0 aliphatic rings. The number of hydrogen-bond donors (Lipinski definition) is 0. The molecule has 0 spiro atoms. The molecule has 1 heteroatoms. The van der Waals surface area contributed by atoms with Crippen LogP contribution in [0.3, 0.4) is 0 Å². The first kappa shape index (κ1) is 10.4. The number of halogens is 1. The zero-order valence-electron chi connectivity index (χ0n) is 6.65. The molecule has 0 atom stereocenters. The summed E-state index contributed by atoms with van der Waals surface area (Å²) in [5.41, 5.74) is 1.18. The average molecular weight is 213 g/mol. The third-order valence-electron chi connectivity index (χ3n) is 1.29. The second-order valence-electron chi connectivity index (χ2n) is 2.16. The molecule has 0 fully saturated rings. The lowest BCUT2D eigenvalue weighted by molar-refractivity contribution is 1.01. The Morgan fingerprint density at radius 1 is 1.36 bits per heavy atom. The predicted octanol–water partition coefficient (Wildman–Crippen LogP) is 3.97. The summed E-state index contributed by atoms with van der Waals surface area (Å²) < 4.78 is 0.930. The first-order valence-corrected chi connectivity index (χ1v) is 4.29. The van der Waals surface area contributed by atoms with E-state index in [1.165, 1.54) is 5.57 Å². The van der Waals surface area contributed by atoms with E-state index >= 15 is 0 Å². The van der Waals surface area contributed by atoms with Crippen LogP contribution < -0.4 is 0 Å². The molecule has 0 aromatic carbocycles. The van der Waals surface area contributed by atoms with Gasteiger partial charge in [-0.2, -0.15) is 0 Å². The number of allylic oxidation sites excluding steroid dienone is 5. The van der Waals surface area contributed by atoms with Crippen molar-refractivity contribution >= 4 is 15.9 Å². The van der Waals surface area contributed by atoms with E-state index in [0.717, 1.165) is 17.3 Å². The molecule has 0 aliphatic carbocycles. The van der Waals surface area contributed by atoms with Crippen molar-refractivity contribution in [1.82, 2.24) is 0 Å². The summed E-state index contributed by atoms with van der Waals surface area (Å²) in [7, 11) is 0. The van der Waals surface area contributed by atoms with E-state index in [4.69, 9.17) is 0 Å². The highest BCUT2D eigenvalue weighted by atomic mass is 79.9. The van der Waals surface area contributed by atoms with E-state index < -0.39 is 0 Å². The Labute approximate surface area is 77.1 Å². The summed E-state index contributed by atoms with van der Waals surface area (Å²) in [5, 5.41) is 0. The molecule has 0 saturated carbocycles. The fourth-order valence-corrected chi connectivity index (χ4v) is 1.04. The van der Waals surface area contributed by atoms with E-state index in [1.807, 2.05) is 12.2 Å². The summed E-state index contributed by atoms with van der Waals surface area (Å²) in [6.45, 7) is 11.1. The second kappa shape index (κ2) is 6.17. The van der Waals surface area contributed by atoms with Crippen LogP contribution in [0.15, 0.2) is 48.0 Å². The van der Waals surface area contributed by atoms with Crippen LogP contribution in [0.5, 0.6) is 0 Å². The molecule has 0 radical (unpaired) electrons. The van der Waals surface area contributed by atoms with Gasteiger partial charge in [-0.15, -0.1) is 6.58 Å². The van der Waals surface area contributed by atoms with Crippen molar-refractivity contribution in [2.75, 3.05) is 0 Å². The second-order valence-corrected chi connectivity index (χ2v) is 3.12. The van der Waals surface area contributed by atoms with Crippen molar-refractivity contribution in [2.45, 2.75) is 12.8 Å². The molecule has 0 aliphatic heterocycles. The van der Waals surface area contributed by atoms with Crippen LogP contribution >= 0.6 is 15.9 Å². The minimum atomic E-state index is 0.930. The Bertz CT molecular complexity index is 187. The van der Waals surface area contributed by atoms with E-state index in [2.05, 4.69) is 35.7 Å². The van der Waals surface area contributed by atoms with Crippen LogP contribution in [0.4, 0.5) is 0 Å². The zero-order chi connectivity index (χ0) is 8.69. The molecule has 0 unspecified atom stereocenters. The third kappa shape index (κ3) is 4.79. The Balaban J connectivity index is 4.10. The molecule has 11 heavy (non-hydrogen) atoms. The molecule has 0 bridgehead atoms. The number of hydrogen-bond acceptors (Lipinski definition) is 0. The van der Waals surface area contributed by atoms with Crippen molar-refractivity contribution in [1.29, 1.82) is 0 Å². The minimum Gasteiger partial charge on any atom is -0.103 e. The Morgan fingerprint density at radius 2 is 2.00 bits per heavy atom. The maximum Gasteiger partial charge on any atom is 0.0135 e. The van der Waals surface area contributed by atoms with Crippen LogP contribution in [0, 0.1) is 0 Å². The maximum atomic E-state index is 3.79. The highest BCUT2D eigenvalue weighted by Gasteiger charge is 1.95. The lowest BCUT2D eigenvalue weighted by Crippen LogP contribution is -1.80. The summed E-state index contributed by atoms with van der Waals surface area (Å²) in [5.74, 6) is 0. The summed E-state index contributed by atoms with van der Waals surface area (Å²) in [4.78, 5) is 0. The zero-order valence-corrected chi connectivity index (χ0v) is 8.23. The van der Waals surface area contributed by atoms with E-state index in [-0.39, 0.29) is 0 Å². The monoisotopic (exact) mass is 212 g/mol. The van der Waals surface area contributed by atoms with Gasteiger partial charge in [-0.3, -0.25) is 0 Å². The number of rotatable bonds is 5. The van der Waals surface area contributed by atoms with E-state index in [0.29, 0.717) is 0 Å². The molecule has 0 rings (SSSR count). The summed E-state index contributed by atoms with van der Waals surface area (Å²) in [6, 6.07) is 0. The van der Waals surface area contributed by atoms with Crippen molar-refractivity contribution in [3.63, 3.8) is 0 Å². The summed E-state index contributed by atoms with van der Waals surface area (Å²) in [6.07, 6.45) is 7.57. The SMILES string of the molecule is C=C/C=C(/CCC=C)C(=C)Br. The fourth-order valence-electron chi connectivity index (χ4n) is 0.709. The standard InChI is InChI=1S/C10H13Br/c1-4-6-8-10(7-5-2)9(3)11/h4-5,7H,1-3,6,8H2/b10-7-. The van der Waals surface area contributed by atoms with Crippen LogP contribution in [0.25, 0.3) is 0 Å². The lowest BCUT2D eigenvalue weighted by atomic mass is 10.1. The normalized spacial score (nSPS) is 10.8. The van der Waals surface area contributed by atoms with Gasteiger partial charge < -0.3 is 0 Å². The summed E-state index contributed by atoms with van der Waals surface area (Å²) >= 11 is 3.33. The predicted molar refractivity (Wildman–Crippen MR) is 55.8 cm³/mol. The molecule has 0 aromatic heterocycles. The minimum absolute atomic E-state index is 0.930. The van der Waals surface area contributed by atoms with Crippen molar-refractivity contribution in [3.05, 3.63) is 48.0 Å². The fraction of sp³-hybridized carbons (Fsp3) is 0.200. The van der Waals surface area contributed by atoms with E-state index in [1.54, 1.807) is 6.08 Å². The molecule has 0 nitrogen and oxygen atoms in total. The Hall–Kier alpha value is -0.560. The molecule has 60 valence electrons. The van der Waals surface area contributed by atoms with Gasteiger partial charge >= 0.3 is 0 Å². The van der Waals surface area contributed by atoms with Crippen LogP contribution in [0.2, 0.25) is 0 Å². The largest absolute Gasteiger partial charge is 0.103 e. The quantitative estimate of drug-likeness (QED) is 0.478. The molecular weight excluding hydrogens is 200 g/mol. The Morgan fingerprint density at radius 3 is 2.36 bits per heavy atom. The molecular formula is C10H13Br. The van der Waals surface area contributed by atoms with Gasteiger partial charge in [0.15, 0.2) is 0 Å². The maximum absolute atomic E-state index is 3.79. The first-order valence-electron chi connectivity index (χ1n) is 3.49. The third-order valence-corrected chi connectivity index (χ3v) is 1.79. The van der Waals surface area contributed by atoms with Crippen molar-refractivity contribution in [3.8, 4) is 0 Å². The highest BCUT2D eigenvalue weighted by molar-refractivity contribution is 9.11. The van der Waals surface area contributed by atoms with Gasteiger partial charge in [0.1, 0.15) is 0 Å². The average Bonchev–Trinajstić information content (AvgIpc) is 1.97. The smallest absolute Gasteiger partial charge is 0.0135 e. The van der Waals surface area contributed by atoms with Gasteiger partial charge in [0, 0.05) is 4.48 Å². The molecule has 0 heterocycles. The van der Waals surface area contributed by atoms with Crippen LogP contribution in [-0.4, -0.2) is 0 Å². The lowest BCUT2D eigenvalue weighted by Gasteiger charge is -2.00. The van der Waals surface area contributed by atoms with Crippen molar-refractivity contribution in [2.24, 2.45) is 0 Å². The molecule has 0 amide bonds. The topological polar surface area (TPSA) is 0 Å². The first-order chi connectivity index (χ1) is 5.22. The van der Waals surface area contributed by atoms with E-state index in [9.17, 15) is 0 Å². The van der Waals surface area contributed by atoms with Crippen LogP contribution in [0.1, 0.15) is 12.8 Å². The molecule has 0 saturated heterocycles. The van der Waals surface area contributed by atoms with Gasteiger partial charge in [0.2, 0.25) is 0 Å². The van der Waals surface area contributed by atoms with Gasteiger partial charge in [0.05, 0.1) is 0 Å². The highest BCUT2D eigenvalue weighted by Crippen LogP contribution is 2.19. The van der Waals surface area contributed by atoms with Crippen LogP contribution in [-0.2, 0) is 0 Å². The molecule has 0 N–H and O–H groups in total.